The first-order valence-corrected chi connectivity index (χ1v) is 9.70. The number of aliphatic hydroxyl groups excluding tert-OH is 1. The van der Waals surface area contributed by atoms with E-state index >= 15 is 0 Å². The summed E-state index contributed by atoms with van der Waals surface area (Å²) in [5.74, 6) is -0.0251. The van der Waals surface area contributed by atoms with Gasteiger partial charge in [0.1, 0.15) is 0 Å². The molecule has 1 N–H and O–H groups in total. The zero-order valence-corrected chi connectivity index (χ0v) is 15.6. The van der Waals surface area contributed by atoms with E-state index in [1.165, 1.54) is 11.3 Å². The maximum absolute atomic E-state index is 12.3. The van der Waals surface area contributed by atoms with Crippen LogP contribution in [-0.4, -0.2) is 40.1 Å². The number of rotatable bonds is 5. The highest BCUT2D eigenvalue weighted by molar-refractivity contribution is 7.14. The summed E-state index contributed by atoms with van der Waals surface area (Å²) in [5.41, 5.74) is 3.04. The van der Waals surface area contributed by atoms with Crippen molar-refractivity contribution in [1.29, 1.82) is 0 Å². The van der Waals surface area contributed by atoms with Crippen LogP contribution < -0.4 is 4.90 Å². The second kappa shape index (κ2) is 8.08. The molecule has 0 radical (unpaired) electrons. The number of benzene rings is 1. The lowest BCUT2D eigenvalue weighted by Gasteiger charge is -2.28. The number of anilines is 2. The predicted octanol–water partition coefficient (Wildman–Crippen LogP) is 3.35. The van der Waals surface area contributed by atoms with Crippen LogP contribution in [0.15, 0.2) is 29.6 Å². The van der Waals surface area contributed by atoms with Gasteiger partial charge in [0.15, 0.2) is 5.13 Å². The molecule has 2 aromatic rings. The van der Waals surface area contributed by atoms with Crippen molar-refractivity contribution in [2.45, 2.75) is 45.8 Å². The third-order valence-corrected chi connectivity index (χ3v) is 5.48. The summed E-state index contributed by atoms with van der Waals surface area (Å²) in [6.07, 6.45) is 2.34. The molecular formula is C19H25N3O2S. The van der Waals surface area contributed by atoms with E-state index in [2.05, 4.69) is 17.9 Å². The third-order valence-electron chi connectivity index (χ3n) is 4.60. The minimum Gasteiger partial charge on any atom is -0.393 e. The van der Waals surface area contributed by atoms with Crippen LogP contribution in [0.4, 0.5) is 10.8 Å². The van der Waals surface area contributed by atoms with Gasteiger partial charge in [-0.05, 0) is 30.9 Å². The molecular weight excluding hydrogens is 334 g/mol. The SMILES string of the molecule is CCc1ccccc1N(C(C)=O)c1nc(CN2CCC(O)CC2)cs1. The summed E-state index contributed by atoms with van der Waals surface area (Å²) in [6, 6.07) is 7.99. The summed E-state index contributed by atoms with van der Waals surface area (Å²) in [4.78, 5) is 21.0. The first-order chi connectivity index (χ1) is 12.1. The molecule has 1 saturated heterocycles. The smallest absolute Gasteiger partial charge is 0.230 e. The molecule has 5 nitrogen and oxygen atoms in total. The number of thiazole rings is 1. The molecule has 1 aromatic heterocycles. The summed E-state index contributed by atoms with van der Waals surface area (Å²) in [6.45, 7) is 6.23. The van der Waals surface area contributed by atoms with Crippen LogP contribution in [0, 0.1) is 0 Å². The number of carbonyl (C=O) groups is 1. The van der Waals surface area contributed by atoms with Crippen molar-refractivity contribution < 1.29 is 9.90 Å². The van der Waals surface area contributed by atoms with Gasteiger partial charge in [-0.15, -0.1) is 11.3 Å². The molecule has 1 aliphatic heterocycles. The lowest BCUT2D eigenvalue weighted by molar-refractivity contribution is -0.115. The first kappa shape index (κ1) is 18.0. The lowest BCUT2D eigenvalue weighted by atomic mass is 10.1. The van der Waals surface area contributed by atoms with E-state index in [-0.39, 0.29) is 12.0 Å². The summed E-state index contributed by atoms with van der Waals surface area (Å²) >= 11 is 1.51. The van der Waals surface area contributed by atoms with E-state index in [9.17, 15) is 9.90 Å². The summed E-state index contributed by atoms with van der Waals surface area (Å²) < 4.78 is 0. The second-order valence-corrected chi connectivity index (χ2v) is 7.30. The van der Waals surface area contributed by atoms with Crippen LogP contribution in [0.25, 0.3) is 0 Å². The standard InChI is InChI=1S/C19H25N3O2S/c1-3-15-6-4-5-7-18(15)22(14(2)23)19-20-16(13-25-19)12-21-10-8-17(24)9-11-21/h4-7,13,17,24H,3,8-12H2,1-2H3. The highest BCUT2D eigenvalue weighted by atomic mass is 32.1. The Labute approximate surface area is 152 Å². The zero-order valence-electron chi connectivity index (χ0n) is 14.8. The van der Waals surface area contributed by atoms with Crippen LogP contribution in [0.2, 0.25) is 0 Å². The number of aromatic nitrogens is 1. The normalized spacial score (nSPS) is 16.1. The number of likely N-dealkylation sites (tertiary alicyclic amines) is 1. The first-order valence-electron chi connectivity index (χ1n) is 8.82. The topological polar surface area (TPSA) is 56.7 Å². The Morgan fingerprint density at radius 1 is 1.36 bits per heavy atom. The van der Waals surface area contributed by atoms with Gasteiger partial charge in [0.05, 0.1) is 17.5 Å². The maximum Gasteiger partial charge on any atom is 0.230 e. The van der Waals surface area contributed by atoms with Crippen molar-refractivity contribution in [2.75, 3.05) is 18.0 Å². The molecule has 0 saturated carbocycles. The Balaban J connectivity index is 1.79. The molecule has 1 aromatic carbocycles. The van der Waals surface area contributed by atoms with E-state index in [0.29, 0.717) is 0 Å². The van der Waals surface area contributed by atoms with Crippen LogP contribution in [0.3, 0.4) is 0 Å². The minimum atomic E-state index is -0.166. The van der Waals surface area contributed by atoms with Crippen LogP contribution in [-0.2, 0) is 17.8 Å². The molecule has 1 fully saturated rings. The number of carbonyl (C=O) groups excluding carboxylic acids is 1. The average Bonchev–Trinajstić information content (AvgIpc) is 3.05. The fourth-order valence-corrected chi connectivity index (χ4v) is 4.08. The van der Waals surface area contributed by atoms with Gasteiger partial charge in [-0.1, -0.05) is 25.1 Å². The molecule has 25 heavy (non-hydrogen) atoms. The Kier molecular flexibility index (Phi) is 5.83. The van der Waals surface area contributed by atoms with Crippen molar-refractivity contribution in [1.82, 2.24) is 9.88 Å². The molecule has 0 atom stereocenters. The Morgan fingerprint density at radius 3 is 2.76 bits per heavy atom. The lowest BCUT2D eigenvalue weighted by Crippen LogP contribution is -2.35. The molecule has 0 bridgehead atoms. The van der Waals surface area contributed by atoms with Gasteiger partial charge in [0, 0.05) is 31.9 Å². The number of aryl methyl sites for hydroxylation is 1. The summed E-state index contributed by atoms with van der Waals surface area (Å²) in [7, 11) is 0. The third kappa shape index (κ3) is 4.26. The van der Waals surface area contributed by atoms with Gasteiger partial charge in [-0.2, -0.15) is 0 Å². The van der Waals surface area contributed by atoms with E-state index in [4.69, 9.17) is 4.98 Å². The van der Waals surface area contributed by atoms with Gasteiger partial charge in [0.2, 0.25) is 5.91 Å². The molecule has 134 valence electrons. The molecule has 0 aliphatic carbocycles. The van der Waals surface area contributed by atoms with Crippen molar-refractivity contribution in [2.24, 2.45) is 0 Å². The molecule has 0 spiro atoms. The highest BCUT2D eigenvalue weighted by Gasteiger charge is 2.22. The number of piperidine rings is 1. The van der Waals surface area contributed by atoms with Crippen molar-refractivity contribution >= 4 is 28.1 Å². The average molecular weight is 359 g/mol. The van der Waals surface area contributed by atoms with Gasteiger partial charge in [-0.3, -0.25) is 14.6 Å². The van der Waals surface area contributed by atoms with Crippen LogP contribution >= 0.6 is 11.3 Å². The minimum absolute atomic E-state index is 0.0251. The van der Waals surface area contributed by atoms with Gasteiger partial charge < -0.3 is 5.11 Å². The zero-order chi connectivity index (χ0) is 17.8. The molecule has 3 rings (SSSR count). The molecule has 2 heterocycles. The Morgan fingerprint density at radius 2 is 2.08 bits per heavy atom. The molecule has 1 amide bonds. The van der Waals surface area contributed by atoms with Crippen molar-refractivity contribution in [3.8, 4) is 0 Å². The maximum atomic E-state index is 12.3. The van der Waals surface area contributed by atoms with E-state index in [0.717, 1.165) is 61.0 Å². The number of para-hydroxylation sites is 1. The second-order valence-electron chi connectivity index (χ2n) is 6.47. The van der Waals surface area contributed by atoms with E-state index in [1.54, 1.807) is 11.8 Å². The quantitative estimate of drug-likeness (QED) is 0.889. The Hall–Kier alpha value is -1.76. The fraction of sp³-hybridized carbons (Fsp3) is 0.474. The monoisotopic (exact) mass is 359 g/mol. The van der Waals surface area contributed by atoms with Crippen molar-refractivity contribution in [3.63, 3.8) is 0 Å². The predicted molar refractivity (Wildman–Crippen MR) is 101 cm³/mol. The van der Waals surface area contributed by atoms with Gasteiger partial charge in [-0.25, -0.2) is 4.98 Å². The number of aliphatic hydroxyl groups is 1. The molecule has 6 heteroatoms. The van der Waals surface area contributed by atoms with Gasteiger partial charge >= 0.3 is 0 Å². The number of nitrogens with zero attached hydrogens (tertiary/aromatic N) is 3. The van der Waals surface area contributed by atoms with Crippen molar-refractivity contribution in [3.05, 3.63) is 40.9 Å². The van der Waals surface area contributed by atoms with Gasteiger partial charge in [0.25, 0.3) is 0 Å². The number of hydrogen-bond donors (Lipinski definition) is 1. The largest absolute Gasteiger partial charge is 0.393 e. The molecule has 0 unspecified atom stereocenters. The Bertz CT molecular complexity index is 723. The molecule has 1 aliphatic rings. The highest BCUT2D eigenvalue weighted by Crippen LogP contribution is 2.32. The summed E-state index contributed by atoms with van der Waals surface area (Å²) in [5, 5.41) is 12.4. The number of amides is 1. The number of hydrogen-bond acceptors (Lipinski definition) is 5. The fourth-order valence-electron chi connectivity index (χ4n) is 3.21. The van der Waals surface area contributed by atoms with Crippen LogP contribution in [0.5, 0.6) is 0 Å². The van der Waals surface area contributed by atoms with E-state index in [1.807, 2.05) is 23.6 Å². The van der Waals surface area contributed by atoms with E-state index < -0.39 is 0 Å². The van der Waals surface area contributed by atoms with Crippen LogP contribution in [0.1, 0.15) is 37.9 Å².